The number of ether oxygens (including phenoxy) is 2. The quantitative estimate of drug-likeness (QED) is 0.609. The maximum absolute atomic E-state index is 13.4. The number of hydrogen-bond donors (Lipinski definition) is 1. The zero-order chi connectivity index (χ0) is 22.7. The Morgan fingerprint density at radius 2 is 1.69 bits per heavy atom. The number of anilines is 2. The van der Waals surface area contributed by atoms with Crippen molar-refractivity contribution in [2.24, 2.45) is 0 Å². The molecule has 3 aromatic rings. The average molecular weight is 453 g/mol. The van der Waals surface area contributed by atoms with Gasteiger partial charge < -0.3 is 14.8 Å². The first-order chi connectivity index (χ1) is 15.4. The normalized spacial score (nSPS) is 13.2. The average Bonchev–Trinajstić information content (AvgIpc) is 2.83. The first kappa shape index (κ1) is 21.7. The number of benzene rings is 3. The predicted molar refractivity (Wildman–Crippen MR) is 123 cm³/mol. The molecular formula is C24H24N2O5S. The first-order valence-corrected chi connectivity index (χ1v) is 11.6. The number of nitrogens with one attached hydrogen (secondary N) is 1. The minimum Gasteiger partial charge on any atom is -0.497 e. The van der Waals surface area contributed by atoms with Gasteiger partial charge in [0.05, 0.1) is 24.8 Å². The molecule has 1 aliphatic heterocycles. The van der Waals surface area contributed by atoms with E-state index in [0.717, 1.165) is 18.4 Å². The van der Waals surface area contributed by atoms with E-state index < -0.39 is 10.0 Å². The van der Waals surface area contributed by atoms with Gasteiger partial charge in [0.1, 0.15) is 11.5 Å². The van der Waals surface area contributed by atoms with E-state index in [1.54, 1.807) is 55.6 Å². The summed E-state index contributed by atoms with van der Waals surface area (Å²) in [5, 5.41) is 2.85. The van der Waals surface area contributed by atoms with E-state index in [1.165, 1.54) is 23.5 Å². The number of carbonyl (C=O) groups is 1. The Morgan fingerprint density at radius 3 is 2.41 bits per heavy atom. The van der Waals surface area contributed by atoms with E-state index >= 15 is 0 Å². The highest BCUT2D eigenvalue weighted by molar-refractivity contribution is 7.92. The molecule has 0 bridgehead atoms. The lowest BCUT2D eigenvalue weighted by molar-refractivity contribution is 0.102. The van der Waals surface area contributed by atoms with E-state index in [1.807, 2.05) is 6.07 Å². The van der Waals surface area contributed by atoms with E-state index in [0.29, 0.717) is 35.0 Å². The highest BCUT2D eigenvalue weighted by Crippen LogP contribution is 2.34. The minimum atomic E-state index is -3.76. The summed E-state index contributed by atoms with van der Waals surface area (Å²) in [6.07, 6.45) is 1.49. The van der Waals surface area contributed by atoms with Crippen LogP contribution in [-0.2, 0) is 16.4 Å². The molecule has 0 radical (unpaired) electrons. The molecule has 1 aliphatic rings. The highest BCUT2D eigenvalue weighted by atomic mass is 32.2. The molecular weight excluding hydrogens is 428 g/mol. The summed E-state index contributed by atoms with van der Waals surface area (Å²) in [5.41, 5.74) is 2.47. The summed E-state index contributed by atoms with van der Waals surface area (Å²) in [6, 6.07) is 18.5. The van der Waals surface area contributed by atoms with Crippen molar-refractivity contribution >= 4 is 27.3 Å². The molecule has 0 aliphatic carbocycles. The van der Waals surface area contributed by atoms with Gasteiger partial charge in [0.2, 0.25) is 0 Å². The van der Waals surface area contributed by atoms with Gasteiger partial charge in [-0.25, -0.2) is 8.42 Å². The van der Waals surface area contributed by atoms with Crippen molar-refractivity contribution in [3.63, 3.8) is 0 Å². The summed E-state index contributed by atoms with van der Waals surface area (Å²) in [6.45, 7) is 0.370. The second-order valence-electron chi connectivity index (χ2n) is 7.39. The lowest BCUT2D eigenvalue weighted by atomic mass is 10.0. The Labute approximate surface area is 187 Å². The fraction of sp³-hybridized carbons (Fsp3) is 0.208. The van der Waals surface area contributed by atoms with Crippen LogP contribution in [0.1, 0.15) is 22.3 Å². The maximum Gasteiger partial charge on any atom is 0.264 e. The smallest absolute Gasteiger partial charge is 0.264 e. The second kappa shape index (κ2) is 8.92. The van der Waals surface area contributed by atoms with Crippen LogP contribution in [0, 0.1) is 0 Å². The molecule has 0 unspecified atom stereocenters. The molecule has 32 heavy (non-hydrogen) atoms. The molecule has 1 N–H and O–H groups in total. The number of fused-ring (bicyclic) bond motifs is 1. The molecule has 7 nitrogen and oxygen atoms in total. The molecule has 3 aromatic carbocycles. The fourth-order valence-corrected chi connectivity index (χ4v) is 5.24. The molecule has 0 spiro atoms. The van der Waals surface area contributed by atoms with E-state index in [2.05, 4.69) is 5.32 Å². The van der Waals surface area contributed by atoms with Crippen LogP contribution >= 0.6 is 0 Å². The molecule has 0 atom stereocenters. The van der Waals surface area contributed by atoms with Crippen LogP contribution in [-0.4, -0.2) is 35.1 Å². The Kier molecular flexibility index (Phi) is 6.05. The molecule has 0 saturated heterocycles. The number of rotatable bonds is 6. The van der Waals surface area contributed by atoms with Crippen molar-refractivity contribution in [3.05, 3.63) is 77.9 Å². The molecule has 1 amide bonds. The van der Waals surface area contributed by atoms with Gasteiger partial charge in [0.15, 0.2) is 0 Å². The topological polar surface area (TPSA) is 84.9 Å². The van der Waals surface area contributed by atoms with Gasteiger partial charge in [-0.05, 0) is 73.0 Å². The molecule has 0 fully saturated rings. The molecule has 0 saturated carbocycles. The third kappa shape index (κ3) is 4.27. The third-order valence-electron chi connectivity index (χ3n) is 5.40. The SMILES string of the molecule is COc1ccc(S(=O)(=O)N2CCCc3ccc(NC(=O)c4cccc(OC)c4)cc32)cc1. The number of amides is 1. The van der Waals surface area contributed by atoms with Gasteiger partial charge in [0.25, 0.3) is 15.9 Å². The van der Waals surface area contributed by atoms with Crippen molar-refractivity contribution in [1.29, 1.82) is 0 Å². The highest BCUT2D eigenvalue weighted by Gasteiger charge is 2.29. The number of aryl methyl sites for hydroxylation is 1. The standard InChI is InChI=1S/C24H24N2O5S/c1-30-20-10-12-22(13-11-20)32(28,29)26-14-4-6-17-8-9-19(16-23(17)26)25-24(27)18-5-3-7-21(15-18)31-2/h3,5,7-13,15-16H,4,6,14H2,1-2H3,(H,25,27). The number of sulfonamides is 1. The maximum atomic E-state index is 13.4. The fourth-order valence-electron chi connectivity index (χ4n) is 3.71. The van der Waals surface area contributed by atoms with E-state index in [-0.39, 0.29) is 10.8 Å². The summed E-state index contributed by atoms with van der Waals surface area (Å²) in [5.74, 6) is 0.870. The Bertz CT molecular complexity index is 1240. The number of methoxy groups -OCH3 is 2. The molecule has 166 valence electrons. The van der Waals surface area contributed by atoms with Crippen molar-refractivity contribution in [1.82, 2.24) is 0 Å². The van der Waals surface area contributed by atoms with Crippen LogP contribution < -0.4 is 19.1 Å². The molecule has 4 rings (SSSR count). The summed E-state index contributed by atoms with van der Waals surface area (Å²) < 4.78 is 38.4. The summed E-state index contributed by atoms with van der Waals surface area (Å²) in [7, 11) is -0.685. The number of carbonyl (C=O) groups excluding carboxylic acids is 1. The number of nitrogens with zero attached hydrogens (tertiary/aromatic N) is 1. The summed E-state index contributed by atoms with van der Waals surface area (Å²) >= 11 is 0. The van der Waals surface area contributed by atoms with Gasteiger partial charge in [-0.2, -0.15) is 0 Å². The molecule has 0 aromatic heterocycles. The van der Waals surface area contributed by atoms with Crippen LogP contribution in [0.2, 0.25) is 0 Å². The Morgan fingerprint density at radius 1 is 0.938 bits per heavy atom. The van der Waals surface area contributed by atoms with Gasteiger partial charge in [-0.15, -0.1) is 0 Å². The Hall–Kier alpha value is -3.52. The van der Waals surface area contributed by atoms with Crippen LogP contribution in [0.3, 0.4) is 0 Å². The van der Waals surface area contributed by atoms with Crippen molar-refractivity contribution in [3.8, 4) is 11.5 Å². The Balaban J connectivity index is 1.63. The van der Waals surface area contributed by atoms with Crippen molar-refractivity contribution in [2.75, 3.05) is 30.4 Å². The monoisotopic (exact) mass is 452 g/mol. The van der Waals surface area contributed by atoms with Gasteiger partial charge in [0, 0.05) is 17.8 Å². The second-order valence-corrected chi connectivity index (χ2v) is 9.25. The number of hydrogen-bond acceptors (Lipinski definition) is 5. The minimum absolute atomic E-state index is 0.192. The van der Waals surface area contributed by atoms with Crippen molar-refractivity contribution in [2.45, 2.75) is 17.7 Å². The third-order valence-corrected chi connectivity index (χ3v) is 7.23. The molecule has 8 heteroatoms. The van der Waals surface area contributed by atoms with Gasteiger partial charge >= 0.3 is 0 Å². The van der Waals surface area contributed by atoms with E-state index in [4.69, 9.17) is 9.47 Å². The van der Waals surface area contributed by atoms with Crippen LogP contribution in [0.15, 0.2) is 71.6 Å². The predicted octanol–water partition coefficient (Wildman–Crippen LogP) is 4.10. The lowest BCUT2D eigenvalue weighted by Crippen LogP contribution is -2.35. The molecule has 1 heterocycles. The largest absolute Gasteiger partial charge is 0.497 e. The van der Waals surface area contributed by atoms with Crippen LogP contribution in [0.5, 0.6) is 11.5 Å². The van der Waals surface area contributed by atoms with Crippen LogP contribution in [0.25, 0.3) is 0 Å². The van der Waals surface area contributed by atoms with Gasteiger partial charge in [-0.1, -0.05) is 12.1 Å². The van der Waals surface area contributed by atoms with Crippen LogP contribution in [0.4, 0.5) is 11.4 Å². The zero-order valence-corrected chi connectivity index (χ0v) is 18.7. The summed E-state index contributed by atoms with van der Waals surface area (Å²) in [4.78, 5) is 12.9. The zero-order valence-electron chi connectivity index (χ0n) is 17.9. The van der Waals surface area contributed by atoms with Gasteiger partial charge in [-0.3, -0.25) is 9.10 Å². The first-order valence-electron chi connectivity index (χ1n) is 10.2. The van der Waals surface area contributed by atoms with Crippen molar-refractivity contribution < 1.29 is 22.7 Å². The van der Waals surface area contributed by atoms with E-state index in [9.17, 15) is 13.2 Å². The lowest BCUT2D eigenvalue weighted by Gasteiger charge is -2.31.